The number of nitrogens with zero attached hydrogens (tertiary/aromatic N) is 3. The molecule has 1 atom stereocenters. The van der Waals surface area contributed by atoms with Crippen LogP contribution in [-0.2, 0) is 9.53 Å². The number of carbonyl (C=O) groups is 1. The zero-order valence-electron chi connectivity index (χ0n) is 13.1. The number of esters is 1. The summed E-state index contributed by atoms with van der Waals surface area (Å²) in [6.07, 6.45) is 1.72. The minimum Gasteiger partial charge on any atom is -0.463 e. The van der Waals surface area contributed by atoms with Gasteiger partial charge in [-0.1, -0.05) is 12.1 Å². The fourth-order valence-electron chi connectivity index (χ4n) is 2.38. The van der Waals surface area contributed by atoms with Crippen molar-refractivity contribution in [2.45, 2.75) is 19.9 Å². The van der Waals surface area contributed by atoms with Crippen molar-refractivity contribution in [1.82, 2.24) is 10.6 Å². The predicted octanol–water partition coefficient (Wildman–Crippen LogP) is 1.50. The van der Waals surface area contributed by atoms with Crippen molar-refractivity contribution in [2.24, 2.45) is 4.99 Å². The summed E-state index contributed by atoms with van der Waals surface area (Å²) < 4.78 is 5.04. The van der Waals surface area contributed by atoms with Gasteiger partial charge >= 0.3 is 5.97 Å². The van der Waals surface area contributed by atoms with Gasteiger partial charge in [0.1, 0.15) is 6.04 Å². The van der Waals surface area contributed by atoms with Gasteiger partial charge in [-0.25, -0.2) is 9.79 Å². The van der Waals surface area contributed by atoms with Gasteiger partial charge in [0.25, 0.3) is 5.69 Å². The second kappa shape index (κ2) is 7.23. The third kappa shape index (κ3) is 3.33. The van der Waals surface area contributed by atoms with E-state index in [2.05, 4.69) is 15.6 Å². The average Bonchev–Trinajstić information content (AvgIpc) is 2.54. The highest BCUT2D eigenvalue weighted by Crippen LogP contribution is 2.36. The summed E-state index contributed by atoms with van der Waals surface area (Å²) in [5.74, 6) is -0.517. The van der Waals surface area contributed by atoms with Crippen LogP contribution in [0.5, 0.6) is 0 Å². The SMILES string of the molecule is CCOC(=O)C1=C(C)NC(NC#N)=N[C@H]1c1ccccc1[N+](=O)[O-]. The Bertz CT molecular complexity index is 778. The number of benzene rings is 1. The number of aliphatic imine (C=N–C) groups is 1. The van der Waals surface area contributed by atoms with Gasteiger partial charge in [0.2, 0.25) is 5.96 Å². The lowest BCUT2D eigenvalue weighted by molar-refractivity contribution is -0.385. The number of allylic oxidation sites excluding steroid dienone is 1. The molecule has 1 aromatic rings. The number of rotatable bonds is 4. The van der Waals surface area contributed by atoms with Crippen molar-refractivity contribution in [1.29, 1.82) is 5.26 Å². The molecule has 0 aromatic heterocycles. The van der Waals surface area contributed by atoms with Crippen LogP contribution in [0, 0.1) is 21.6 Å². The van der Waals surface area contributed by atoms with Crippen LogP contribution in [0.25, 0.3) is 0 Å². The van der Waals surface area contributed by atoms with Gasteiger partial charge in [-0.05, 0) is 19.9 Å². The van der Waals surface area contributed by atoms with Gasteiger partial charge in [0.15, 0.2) is 6.19 Å². The molecule has 0 bridgehead atoms. The maximum Gasteiger partial charge on any atom is 0.338 e. The Hall–Kier alpha value is -3.41. The van der Waals surface area contributed by atoms with Crippen molar-refractivity contribution in [3.05, 3.63) is 51.2 Å². The van der Waals surface area contributed by atoms with Gasteiger partial charge in [0.05, 0.1) is 22.7 Å². The van der Waals surface area contributed by atoms with Gasteiger partial charge in [0, 0.05) is 11.8 Å². The molecule has 0 unspecified atom stereocenters. The highest BCUT2D eigenvalue weighted by atomic mass is 16.6. The number of ether oxygens (including phenoxy) is 1. The first-order valence-corrected chi connectivity index (χ1v) is 7.10. The molecule has 0 radical (unpaired) electrons. The smallest absolute Gasteiger partial charge is 0.338 e. The molecule has 9 nitrogen and oxygen atoms in total. The first kappa shape index (κ1) is 17.0. The number of hydrogen-bond acceptors (Lipinski definition) is 8. The lowest BCUT2D eigenvalue weighted by atomic mass is 9.95. The van der Waals surface area contributed by atoms with E-state index in [4.69, 9.17) is 10.00 Å². The molecule has 0 saturated carbocycles. The molecule has 1 aromatic carbocycles. The molecule has 0 amide bonds. The van der Waals surface area contributed by atoms with E-state index in [-0.39, 0.29) is 29.4 Å². The Balaban J connectivity index is 2.59. The van der Waals surface area contributed by atoms with Gasteiger partial charge in [-0.15, -0.1) is 0 Å². The normalized spacial score (nSPS) is 16.5. The molecule has 2 N–H and O–H groups in total. The molecule has 0 spiro atoms. The average molecular weight is 329 g/mol. The zero-order valence-corrected chi connectivity index (χ0v) is 13.1. The van der Waals surface area contributed by atoms with Gasteiger partial charge < -0.3 is 10.1 Å². The van der Waals surface area contributed by atoms with E-state index in [9.17, 15) is 14.9 Å². The standard InChI is InChI=1S/C15H15N5O4/c1-3-24-14(21)12-9(2)18-15(17-8-16)19-13(12)10-6-4-5-7-11(10)20(22)23/h4-7,13H,3H2,1-2H3,(H2,17,18,19)/t13-/m0/s1. The summed E-state index contributed by atoms with van der Waals surface area (Å²) >= 11 is 0. The Morgan fingerprint density at radius 3 is 2.88 bits per heavy atom. The number of nitro benzene ring substituents is 1. The molecule has 2 rings (SSSR count). The Kier molecular flexibility index (Phi) is 5.11. The van der Waals surface area contributed by atoms with Crippen LogP contribution < -0.4 is 10.6 Å². The Labute approximate surface area is 137 Å². The first-order valence-electron chi connectivity index (χ1n) is 7.10. The molecule has 124 valence electrons. The fourth-order valence-corrected chi connectivity index (χ4v) is 2.38. The highest BCUT2D eigenvalue weighted by molar-refractivity contribution is 5.95. The van der Waals surface area contributed by atoms with E-state index in [1.54, 1.807) is 26.1 Å². The van der Waals surface area contributed by atoms with Gasteiger partial charge in [-0.3, -0.25) is 15.4 Å². The summed E-state index contributed by atoms with van der Waals surface area (Å²) in [7, 11) is 0. The minimum atomic E-state index is -0.956. The summed E-state index contributed by atoms with van der Waals surface area (Å²) in [6, 6.07) is 5.05. The quantitative estimate of drug-likeness (QED) is 0.281. The van der Waals surface area contributed by atoms with Crippen LogP contribution in [0.2, 0.25) is 0 Å². The van der Waals surface area contributed by atoms with E-state index < -0.39 is 16.9 Å². The van der Waals surface area contributed by atoms with Crippen molar-refractivity contribution in [2.75, 3.05) is 6.61 Å². The predicted molar refractivity (Wildman–Crippen MR) is 84.5 cm³/mol. The maximum absolute atomic E-state index is 12.3. The van der Waals surface area contributed by atoms with Crippen molar-refractivity contribution in [3.63, 3.8) is 0 Å². The van der Waals surface area contributed by atoms with Crippen molar-refractivity contribution in [3.8, 4) is 6.19 Å². The summed E-state index contributed by atoms with van der Waals surface area (Å²) in [4.78, 5) is 27.3. The van der Waals surface area contributed by atoms with Crippen LogP contribution in [0.3, 0.4) is 0 Å². The molecular weight excluding hydrogens is 314 g/mol. The molecule has 1 heterocycles. The van der Waals surface area contributed by atoms with Crippen LogP contribution in [0.4, 0.5) is 5.69 Å². The third-order valence-corrected chi connectivity index (χ3v) is 3.34. The van der Waals surface area contributed by atoms with Crippen molar-refractivity contribution >= 4 is 17.6 Å². The topological polar surface area (TPSA) is 130 Å². The Morgan fingerprint density at radius 1 is 1.54 bits per heavy atom. The molecule has 0 saturated heterocycles. The highest BCUT2D eigenvalue weighted by Gasteiger charge is 2.34. The van der Waals surface area contributed by atoms with Crippen LogP contribution in [-0.4, -0.2) is 23.5 Å². The lowest BCUT2D eigenvalue weighted by Gasteiger charge is -2.25. The summed E-state index contributed by atoms with van der Waals surface area (Å²) in [6.45, 7) is 3.43. The van der Waals surface area contributed by atoms with E-state index in [1.165, 1.54) is 18.2 Å². The largest absolute Gasteiger partial charge is 0.463 e. The van der Waals surface area contributed by atoms with Crippen LogP contribution >= 0.6 is 0 Å². The number of carbonyl (C=O) groups excluding carboxylic acids is 1. The van der Waals surface area contributed by atoms with Crippen LogP contribution in [0.15, 0.2) is 40.5 Å². The second-order valence-electron chi connectivity index (χ2n) is 4.82. The monoisotopic (exact) mass is 329 g/mol. The molecule has 1 aliphatic heterocycles. The third-order valence-electron chi connectivity index (χ3n) is 3.34. The number of guanidine groups is 1. The second-order valence-corrected chi connectivity index (χ2v) is 4.82. The molecule has 9 heteroatoms. The minimum absolute atomic E-state index is 0.103. The fraction of sp³-hybridized carbons (Fsp3) is 0.267. The zero-order chi connectivity index (χ0) is 17.7. The number of nitrogens with one attached hydrogen (secondary N) is 2. The van der Waals surface area contributed by atoms with E-state index in [0.29, 0.717) is 5.70 Å². The van der Waals surface area contributed by atoms with E-state index in [0.717, 1.165) is 0 Å². The molecule has 0 aliphatic carbocycles. The molecule has 0 fully saturated rings. The van der Waals surface area contributed by atoms with E-state index >= 15 is 0 Å². The molecule has 1 aliphatic rings. The molecular formula is C15H15N5O4. The number of para-hydroxylation sites is 1. The molecule has 24 heavy (non-hydrogen) atoms. The summed E-state index contributed by atoms with van der Waals surface area (Å²) in [5.41, 5.74) is 0.640. The van der Waals surface area contributed by atoms with Gasteiger partial charge in [-0.2, -0.15) is 5.26 Å². The first-order chi connectivity index (χ1) is 11.5. The lowest BCUT2D eigenvalue weighted by Crippen LogP contribution is -2.39. The van der Waals surface area contributed by atoms with E-state index in [1.807, 2.05) is 0 Å². The van der Waals surface area contributed by atoms with Crippen molar-refractivity contribution < 1.29 is 14.5 Å². The number of hydrogen-bond donors (Lipinski definition) is 2. The number of nitro groups is 1. The number of nitriles is 1. The summed E-state index contributed by atoms with van der Waals surface area (Å²) in [5, 5.41) is 25.2. The Morgan fingerprint density at radius 2 is 2.25 bits per heavy atom. The maximum atomic E-state index is 12.3. The van der Waals surface area contributed by atoms with Crippen LogP contribution in [0.1, 0.15) is 25.5 Å².